The van der Waals surface area contributed by atoms with Crippen LogP contribution in [-0.4, -0.2) is 57.6 Å². The van der Waals surface area contributed by atoms with Crippen molar-refractivity contribution in [3.63, 3.8) is 0 Å². The Morgan fingerprint density at radius 1 is 1.10 bits per heavy atom. The summed E-state index contributed by atoms with van der Waals surface area (Å²) in [6, 6.07) is 11.7. The number of nitrogens with one attached hydrogen (secondary N) is 1. The highest BCUT2D eigenvalue weighted by Gasteiger charge is 2.19. The third-order valence-electron chi connectivity index (χ3n) is 5.43. The Morgan fingerprint density at radius 3 is 2.65 bits per heavy atom. The van der Waals surface area contributed by atoms with Gasteiger partial charge in [-0.05, 0) is 61.4 Å². The molecule has 3 rings (SSSR count). The number of anilines is 2. The van der Waals surface area contributed by atoms with Crippen LogP contribution < -0.4 is 15.0 Å². The zero-order valence-electron chi connectivity index (χ0n) is 17.8. The highest BCUT2D eigenvalue weighted by molar-refractivity contribution is 6.43. The van der Waals surface area contributed by atoms with Gasteiger partial charge in [-0.2, -0.15) is 0 Å². The molecule has 1 N–H and O–H groups in total. The van der Waals surface area contributed by atoms with Gasteiger partial charge < -0.3 is 15.0 Å². The molecule has 1 aliphatic rings. The molecule has 7 heteroatoms. The van der Waals surface area contributed by atoms with Gasteiger partial charge in [-0.15, -0.1) is 0 Å². The number of ether oxygens (including phenoxy) is 1. The van der Waals surface area contributed by atoms with E-state index in [2.05, 4.69) is 15.1 Å². The van der Waals surface area contributed by atoms with E-state index in [0.29, 0.717) is 16.7 Å². The van der Waals surface area contributed by atoms with Gasteiger partial charge in [0.1, 0.15) is 12.0 Å². The van der Waals surface area contributed by atoms with Gasteiger partial charge in [0.15, 0.2) is 0 Å². The largest absolute Gasteiger partial charge is 0.494 e. The van der Waals surface area contributed by atoms with Crippen molar-refractivity contribution in [1.82, 2.24) is 4.90 Å². The molecule has 2 aromatic rings. The molecule has 1 aliphatic heterocycles. The predicted octanol–water partition coefficient (Wildman–Crippen LogP) is 5.23. The molecule has 0 spiro atoms. The summed E-state index contributed by atoms with van der Waals surface area (Å²) in [4.78, 5) is 15.3. The van der Waals surface area contributed by atoms with E-state index in [1.165, 1.54) is 6.08 Å². The van der Waals surface area contributed by atoms with Crippen molar-refractivity contribution in [2.45, 2.75) is 12.8 Å². The zero-order chi connectivity index (χ0) is 22.1. The average Bonchev–Trinajstić information content (AvgIpc) is 2.80. The SMILES string of the molecule is CNc1cc(OCCCCN2CCN(c3cccc(Cl)c3Cl)CC2)ccc1/C=C\C=O. The minimum Gasteiger partial charge on any atom is -0.494 e. The number of nitrogens with zero attached hydrogens (tertiary/aromatic N) is 2. The summed E-state index contributed by atoms with van der Waals surface area (Å²) in [5.74, 6) is 0.833. The van der Waals surface area contributed by atoms with Crippen molar-refractivity contribution in [3.05, 3.63) is 58.1 Å². The molecule has 0 aromatic heterocycles. The quantitative estimate of drug-likeness (QED) is 0.298. The summed E-state index contributed by atoms with van der Waals surface area (Å²) < 4.78 is 5.91. The van der Waals surface area contributed by atoms with E-state index >= 15 is 0 Å². The van der Waals surface area contributed by atoms with Gasteiger partial charge in [0.25, 0.3) is 0 Å². The number of hydrogen-bond donors (Lipinski definition) is 1. The first-order chi connectivity index (χ1) is 15.1. The van der Waals surface area contributed by atoms with Gasteiger partial charge in [0, 0.05) is 45.0 Å². The normalized spacial score (nSPS) is 14.7. The van der Waals surface area contributed by atoms with Crippen LogP contribution >= 0.6 is 23.2 Å². The standard InChI is InChI=1S/C24H29Cl2N3O2/c1-27-22-18-20(10-9-19(22)6-5-16-30)31-17-3-2-11-28-12-14-29(15-13-28)23-8-4-7-21(25)24(23)26/h4-10,16,18,27H,2-3,11-15,17H2,1H3/b6-5-. The number of benzene rings is 2. The lowest BCUT2D eigenvalue weighted by molar-refractivity contribution is -0.104. The molecule has 1 heterocycles. The average molecular weight is 462 g/mol. The molecule has 2 aromatic carbocycles. The summed E-state index contributed by atoms with van der Waals surface area (Å²) in [7, 11) is 1.86. The van der Waals surface area contributed by atoms with E-state index in [4.69, 9.17) is 27.9 Å². The molecular formula is C24H29Cl2N3O2. The molecule has 166 valence electrons. The maximum absolute atomic E-state index is 10.5. The van der Waals surface area contributed by atoms with E-state index in [1.807, 2.05) is 43.4 Å². The highest BCUT2D eigenvalue weighted by Crippen LogP contribution is 2.32. The minimum absolute atomic E-state index is 0.607. The van der Waals surface area contributed by atoms with E-state index in [-0.39, 0.29) is 0 Å². The fourth-order valence-corrected chi connectivity index (χ4v) is 4.12. The summed E-state index contributed by atoms with van der Waals surface area (Å²) in [5.41, 5.74) is 2.92. The van der Waals surface area contributed by atoms with Crippen LogP contribution in [0.15, 0.2) is 42.5 Å². The Hall–Kier alpha value is -2.21. The van der Waals surface area contributed by atoms with E-state index in [1.54, 1.807) is 6.08 Å². The minimum atomic E-state index is 0.607. The van der Waals surface area contributed by atoms with Crippen molar-refractivity contribution in [1.29, 1.82) is 0 Å². The summed E-state index contributed by atoms with van der Waals surface area (Å²) >= 11 is 12.5. The molecule has 0 amide bonds. The number of hydrogen-bond acceptors (Lipinski definition) is 5. The van der Waals surface area contributed by atoms with Crippen molar-refractivity contribution in [3.8, 4) is 5.75 Å². The monoisotopic (exact) mass is 461 g/mol. The van der Waals surface area contributed by atoms with E-state index in [0.717, 1.165) is 74.5 Å². The Morgan fingerprint density at radius 2 is 1.90 bits per heavy atom. The third kappa shape index (κ3) is 6.63. The molecule has 1 fully saturated rings. The van der Waals surface area contributed by atoms with Gasteiger partial charge >= 0.3 is 0 Å². The molecule has 5 nitrogen and oxygen atoms in total. The summed E-state index contributed by atoms with van der Waals surface area (Å²) in [6.07, 6.45) is 6.14. The van der Waals surface area contributed by atoms with Crippen LogP contribution in [0.4, 0.5) is 11.4 Å². The molecule has 0 saturated carbocycles. The smallest absolute Gasteiger partial charge is 0.142 e. The lowest BCUT2D eigenvalue weighted by Crippen LogP contribution is -2.46. The fraction of sp³-hybridized carbons (Fsp3) is 0.375. The molecule has 31 heavy (non-hydrogen) atoms. The molecule has 0 unspecified atom stereocenters. The maximum Gasteiger partial charge on any atom is 0.142 e. The summed E-state index contributed by atoms with van der Waals surface area (Å²) in [5, 5.41) is 4.39. The van der Waals surface area contributed by atoms with Crippen LogP contribution in [0, 0.1) is 0 Å². The highest BCUT2D eigenvalue weighted by atomic mass is 35.5. The molecule has 0 aliphatic carbocycles. The van der Waals surface area contributed by atoms with Gasteiger partial charge in [-0.1, -0.05) is 29.3 Å². The van der Waals surface area contributed by atoms with E-state index in [9.17, 15) is 4.79 Å². The zero-order valence-corrected chi connectivity index (χ0v) is 19.3. The first kappa shape index (κ1) is 23.5. The Kier molecular flexibility index (Phi) is 9.07. The molecule has 1 saturated heterocycles. The van der Waals surface area contributed by atoms with Crippen LogP contribution in [0.1, 0.15) is 18.4 Å². The van der Waals surface area contributed by atoms with Crippen molar-refractivity contribution in [2.24, 2.45) is 0 Å². The second-order valence-corrected chi connectivity index (χ2v) is 8.24. The third-order valence-corrected chi connectivity index (χ3v) is 6.24. The number of carbonyl (C=O) groups excluding carboxylic acids is 1. The first-order valence-electron chi connectivity index (χ1n) is 10.6. The molecule has 0 bridgehead atoms. The van der Waals surface area contributed by atoms with Crippen LogP contribution in [0.3, 0.4) is 0 Å². The molecule has 0 atom stereocenters. The number of halogens is 2. The van der Waals surface area contributed by atoms with Crippen LogP contribution in [0.2, 0.25) is 10.0 Å². The summed E-state index contributed by atoms with van der Waals surface area (Å²) in [6.45, 7) is 5.70. The topological polar surface area (TPSA) is 44.8 Å². The van der Waals surface area contributed by atoms with Crippen LogP contribution in [-0.2, 0) is 4.79 Å². The number of carbonyl (C=O) groups is 1. The number of piperazine rings is 1. The fourth-order valence-electron chi connectivity index (χ4n) is 3.71. The van der Waals surface area contributed by atoms with Crippen LogP contribution in [0.25, 0.3) is 6.08 Å². The van der Waals surface area contributed by atoms with Crippen molar-refractivity contribution >= 4 is 46.9 Å². The maximum atomic E-state index is 10.5. The van der Waals surface area contributed by atoms with Gasteiger partial charge in [-0.25, -0.2) is 0 Å². The lowest BCUT2D eigenvalue weighted by Gasteiger charge is -2.36. The second-order valence-electron chi connectivity index (χ2n) is 7.45. The lowest BCUT2D eigenvalue weighted by atomic mass is 10.1. The first-order valence-corrected chi connectivity index (χ1v) is 11.4. The number of unbranched alkanes of at least 4 members (excludes halogenated alkanes) is 1. The Labute approximate surface area is 194 Å². The number of allylic oxidation sites excluding steroid dienone is 1. The van der Waals surface area contributed by atoms with Crippen molar-refractivity contribution < 1.29 is 9.53 Å². The van der Waals surface area contributed by atoms with Gasteiger partial charge in [-0.3, -0.25) is 9.69 Å². The van der Waals surface area contributed by atoms with Crippen LogP contribution in [0.5, 0.6) is 5.75 Å². The van der Waals surface area contributed by atoms with Gasteiger partial charge in [0.2, 0.25) is 0 Å². The van der Waals surface area contributed by atoms with Crippen molar-refractivity contribution in [2.75, 3.05) is 56.6 Å². The van der Waals surface area contributed by atoms with Gasteiger partial charge in [0.05, 0.1) is 22.3 Å². The Bertz CT molecular complexity index is 896. The second kappa shape index (κ2) is 12.0. The predicted molar refractivity (Wildman–Crippen MR) is 131 cm³/mol. The Balaban J connectivity index is 1.37. The number of aldehydes is 1. The molecular weight excluding hydrogens is 433 g/mol. The number of rotatable bonds is 10. The van der Waals surface area contributed by atoms with E-state index < -0.39 is 0 Å². The molecule has 0 radical (unpaired) electrons.